The van der Waals surface area contributed by atoms with Crippen molar-refractivity contribution in [3.63, 3.8) is 0 Å². The molecule has 0 N–H and O–H groups in total. The van der Waals surface area contributed by atoms with Crippen LogP contribution in [-0.2, 0) is 18.3 Å². The van der Waals surface area contributed by atoms with Gasteiger partial charge >= 0.3 is 0 Å². The molecule has 0 atom stereocenters. The van der Waals surface area contributed by atoms with E-state index in [-0.39, 0.29) is 5.91 Å². The van der Waals surface area contributed by atoms with Gasteiger partial charge in [0.2, 0.25) is 5.91 Å². The summed E-state index contributed by atoms with van der Waals surface area (Å²) < 4.78 is 3.50. The number of hydrogen-bond acceptors (Lipinski definition) is 7. The van der Waals surface area contributed by atoms with Gasteiger partial charge < -0.3 is 9.80 Å². The minimum atomic E-state index is 0.102. The number of fused-ring (bicyclic) bond motifs is 1. The van der Waals surface area contributed by atoms with Crippen LogP contribution < -0.4 is 0 Å². The fourth-order valence-corrected chi connectivity index (χ4v) is 4.85. The molecule has 1 amide bonds. The van der Waals surface area contributed by atoms with Crippen LogP contribution in [-0.4, -0.2) is 73.0 Å². The molecule has 4 aromatic rings. The molecule has 5 heterocycles. The zero-order valence-corrected chi connectivity index (χ0v) is 22.9. The molecule has 0 unspecified atom stereocenters. The Morgan fingerprint density at radius 2 is 1.85 bits per heavy atom. The number of hydrogen-bond donors (Lipinski definition) is 0. The minimum Gasteiger partial charge on any atom is -0.353 e. The molecule has 0 saturated carbocycles. The highest BCUT2D eigenvalue weighted by Gasteiger charge is 2.22. The van der Waals surface area contributed by atoms with Gasteiger partial charge in [-0.15, -0.1) is 0 Å². The largest absolute Gasteiger partial charge is 0.353 e. The zero-order chi connectivity index (χ0) is 28.2. The van der Waals surface area contributed by atoms with Crippen molar-refractivity contribution in [2.75, 3.05) is 26.2 Å². The van der Waals surface area contributed by atoms with E-state index in [9.17, 15) is 10.1 Å². The summed E-state index contributed by atoms with van der Waals surface area (Å²) in [5, 5.41) is 18.4. The number of allylic oxidation sites excluding steroid dienone is 3. The molecule has 1 aliphatic rings. The first-order chi connectivity index (χ1) is 19.4. The van der Waals surface area contributed by atoms with Crippen molar-refractivity contribution >= 4 is 23.7 Å². The summed E-state index contributed by atoms with van der Waals surface area (Å²) in [5.74, 6) is 0.840. The second-order valence-electron chi connectivity index (χ2n) is 9.89. The van der Waals surface area contributed by atoms with Crippen molar-refractivity contribution in [3.05, 3.63) is 89.5 Å². The lowest BCUT2D eigenvalue weighted by molar-refractivity contribution is -0.131. The van der Waals surface area contributed by atoms with E-state index in [1.165, 1.54) is 0 Å². The number of pyridine rings is 2. The van der Waals surface area contributed by atoms with E-state index in [0.717, 1.165) is 44.9 Å². The Balaban J connectivity index is 1.34. The van der Waals surface area contributed by atoms with Gasteiger partial charge in [0.25, 0.3) is 0 Å². The number of rotatable bonds is 7. The molecule has 10 nitrogen and oxygen atoms in total. The number of nitriles is 1. The molecular weight excluding hydrogens is 502 g/mol. The lowest BCUT2D eigenvalue weighted by Crippen LogP contribution is -2.48. The maximum absolute atomic E-state index is 12.8. The summed E-state index contributed by atoms with van der Waals surface area (Å²) in [6.07, 6.45) is 13.3. The number of aliphatic imine (C=N–C) groups is 1. The predicted octanol–water partition coefficient (Wildman–Crippen LogP) is 3.64. The molecule has 10 heteroatoms. The molecule has 1 saturated heterocycles. The molecule has 202 valence electrons. The Morgan fingerprint density at radius 1 is 1.07 bits per heavy atom. The Bertz CT molecular complexity index is 1660. The maximum atomic E-state index is 12.8. The number of piperazine rings is 1. The van der Waals surface area contributed by atoms with E-state index < -0.39 is 0 Å². The van der Waals surface area contributed by atoms with Crippen LogP contribution in [0.3, 0.4) is 0 Å². The minimum absolute atomic E-state index is 0.102. The van der Waals surface area contributed by atoms with Gasteiger partial charge in [-0.25, -0.2) is 9.51 Å². The summed E-state index contributed by atoms with van der Waals surface area (Å²) >= 11 is 0. The summed E-state index contributed by atoms with van der Waals surface area (Å²) in [6, 6.07) is 8.19. The fraction of sp³-hybridized carbons (Fsp3) is 0.267. The van der Waals surface area contributed by atoms with Crippen LogP contribution >= 0.6 is 0 Å². The number of carbonyl (C=O) groups is 1. The molecule has 40 heavy (non-hydrogen) atoms. The number of amides is 1. The quantitative estimate of drug-likeness (QED) is 0.265. The van der Waals surface area contributed by atoms with E-state index in [4.69, 9.17) is 0 Å². The van der Waals surface area contributed by atoms with Crippen molar-refractivity contribution in [1.82, 2.24) is 34.2 Å². The topological polar surface area (TPSA) is 108 Å². The third-order valence-corrected chi connectivity index (χ3v) is 7.12. The first-order valence-electron chi connectivity index (χ1n) is 13.1. The molecule has 0 radical (unpaired) electrons. The third kappa shape index (κ3) is 5.54. The van der Waals surface area contributed by atoms with Crippen LogP contribution in [0.4, 0.5) is 0 Å². The number of aryl methyl sites for hydroxylation is 2. The standard InChI is InChI=1S/C30H31N9O/c1-21(27-14-24(26-18-34-36(4)19-26)20-39-30(27)25(15-31)17-35-39)5-8-28(32-3)37-9-11-38(12-10-37)29(40)13-23-7-6-22(2)33-16-23/h5-8,14,16-20H,3,9-13H2,1-2,4H3/b21-5+,28-8+. The molecular formula is C30H31N9O. The fourth-order valence-electron chi connectivity index (χ4n) is 4.85. The van der Waals surface area contributed by atoms with E-state index in [1.807, 2.05) is 62.5 Å². The Hall–Kier alpha value is -5.04. The summed E-state index contributed by atoms with van der Waals surface area (Å²) in [7, 11) is 1.88. The monoisotopic (exact) mass is 533 g/mol. The second kappa shape index (κ2) is 11.4. The molecule has 0 spiro atoms. The Kier molecular flexibility index (Phi) is 7.55. The second-order valence-corrected chi connectivity index (χ2v) is 9.89. The van der Waals surface area contributed by atoms with Gasteiger partial charge in [-0.2, -0.15) is 15.5 Å². The van der Waals surface area contributed by atoms with Crippen LogP contribution in [0.25, 0.3) is 22.2 Å². The van der Waals surface area contributed by atoms with Crippen molar-refractivity contribution in [2.24, 2.45) is 12.0 Å². The van der Waals surface area contributed by atoms with Gasteiger partial charge in [-0.3, -0.25) is 14.5 Å². The van der Waals surface area contributed by atoms with Gasteiger partial charge in [-0.1, -0.05) is 12.1 Å². The number of carbonyl (C=O) groups excluding carboxylic acids is 1. The SMILES string of the molecule is C=N/C(=C\C=C(/C)c1cc(-c2cnn(C)c2)cn2ncc(C#N)c12)N1CCN(C(=O)Cc2ccc(C)nc2)CC1. The van der Waals surface area contributed by atoms with Gasteiger partial charge in [0.1, 0.15) is 11.9 Å². The lowest BCUT2D eigenvalue weighted by Gasteiger charge is -2.36. The molecule has 5 rings (SSSR count). The predicted molar refractivity (Wildman–Crippen MR) is 154 cm³/mol. The molecule has 0 aromatic carbocycles. The summed E-state index contributed by atoms with van der Waals surface area (Å²) in [6.45, 7) is 10.3. The van der Waals surface area contributed by atoms with Crippen molar-refractivity contribution < 1.29 is 4.79 Å². The molecule has 1 aliphatic heterocycles. The smallest absolute Gasteiger partial charge is 0.227 e. The number of nitrogens with zero attached hydrogens (tertiary/aromatic N) is 9. The van der Waals surface area contributed by atoms with E-state index in [2.05, 4.69) is 43.9 Å². The molecule has 1 fully saturated rings. The van der Waals surface area contributed by atoms with Crippen LogP contribution in [0.2, 0.25) is 0 Å². The highest BCUT2D eigenvalue weighted by atomic mass is 16.2. The van der Waals surface area contributed by atoms with E-state index in [0.29, 0.717) is 38.2 Å². The van der Waals surface area contributed by atoms with Crippen molar-refractivity contribution in [1.29, 1.82) is 5.26 Å². The van der Waals surface area contributed by atoms with Crippen LogP contribution in [0.5, 0.6) is 0 Å². The van der Waals surface area contributed by atoms with Crippen LogP contribution in [0, 0.1) is 18.3 Å². The van der Waals surface area contributed by atoms with Crippen LogP contribution in [0.15, 0.2) is 72.1 Å². The molecule has 4 aromatic heterocycles. The average Bonchev–Trinajstić information content (AvgIpc) is 3.60. The first kappa shape index (κ1) is 26.6. The van der Waals surface area contributed by atoms with Gasteiger partial charge in [-0.05, 0) is 49.9 Å². The molecule has 0 aliphatic carbocycles. The average molecular weight is 534 g/mol. The zero-order valence-electron chi connectivity index (χ0n) is 22.9. The normalized spacial score (nSPS) is 14.4. The van der Waals surface area contributed by atoms with Gasteiger partial charge in [0.05, 0.1) is 29.9 Å². The number of aromatic nitrogens is 5. The third-order valence-electron chi connectivity index (χ3n) is 7.12. The summed E-state index contributed by atoms with van der Waals surface area (Å²) in [5.41, 5.74) is 6.88. The van der Waals surface area contributed by atoms with E-state index >= 15 is 0 Å². The Labute approximate surface area is 233 Å². The molecule has 0 bridgehead atoms. The van der Waals surface area contributed by atoms with Crippen molar-refractivity contribution in [3.8, 4) is 17.2 Å². The van der Waals surface area contributed by atoms with Gasteiger partial charge in [0, 0.05) is 74.2 Å². The first-order valence-corrected chi connectivity index (χ1v) is 13.1. The highest BCUT2D eigenvalue weighted by molar-refractivity contribution is 5.85. The highest BCUT2D eigenvalue weighted by Crippen LogP contribution is 2.29. The van der Waals surface area contributed by atoms with E-state index in [1.54, 1.807) is 27.8 Å². The maximum Gasteiger partial charge on any atom is 0.227 e. The van der Waals surface area contributed by atoms with Crippen molar-refractivity contribution in [2.45, 2.75) is 20.3 Å². The summed E-state index contributed by atoms with van der Waals surface area (Å²) in [4.78, 5) is 25.4. The Morgan fingerprint density at radius 3 is 2.50 bits per heavy atom. The lowest BCUT2D eigenvalue weighted by atomic mass is 10.0. The van der Waals surface area contributed by atoms with Crippen LogP contribution in [0.1, 0.15) is 29.3 Å². The van der Waals surface area contributed by atoms with Gasteiger partial charge in [0.15, 0.2) is 0 Å².